The van der Waals surface area contributed by atoms with Crippen LogP contribution in [0.3, 0.4) is 0 Å². The Hall–Kier alpha value is -1.98. The van der Waals surface area contributed by atoms with Crippen molar-refractivity contribution in [2.45, 2.75) is 33.6 Å². The lowest BCUT2D eigenvalue weighted by atomic mass is 9.95. The van der Waals surface area contributed by atoms with Gasteiger partial charge in [-0.2, -0.15) is 0 Å². The first-order chi connectivity index (χ1) is 9.11. The Balaban J connectivity index is 1.95. The average Bonchev–Trinajstić information content (AvgIpc) is 2.72. The van der Waals surface area contributed by atoms with Gasteiger partial charge in [0.2, 0.25) is 0 Å². The molecule has 6 nitrogen and oxygen atoms in total. The predicted molar refractivity (Wildman–Crippen MR) is 76.7 cm³/mol. The van der Waals surface area contributed by atoms with E-state index in [-0.39, 0.29) is 11.9 Å². The molecule has 0 fully saturated rings. The lowest BCUT2D eigenvalue weighted by Gasteiger charge is -2.18. The van der Waals surface area contributed by atoms with Gasteiger partial charge in [-0.25, -0.2) is 9.79 Å². The lowest BCUT2D eigenvalue weighted by Crippen LogP contribution is -2.43. The van der Waals surface area contributed by atoms with Gasteiger partial charge in [0.25, 0.3) is 0 Å². The molecule has 2 aliphatic rings. The highest BCUT2D eigenvalue weighted by Crippen LogP contribution is 2.23. The van der Waals surface area contributed by atoms with Gasteiger partial charge in [-0.15, -0.1) is 10.2 Å². The molecule has 2 N–H and O–H groups in total. The number of fused-ring (bicyclic) bond motifs is 1. The molecule has 2 aliphatic heterocycles. The van der Waals surface area contributed by atoms with Crippen LogP contribution in [0.5, 0.6) is 0 Å². The van der Waals surface area contributed by atoms with Crippen molar-refractivity contribution in [3.63, 3.8) is 0 Å². The zero-order valence-corrected chi connectivity index (χ0v) is 11.5. The van der Waals surface area contributed by atoms with E-state index >= 15 is 0 Å². The molecule has 2 amide bonds. The first-order valence-electron chi connectivity index (χ1n) is 6.55. The number of rotatable bonds is 3. The van der Waals surface area contributed by atoms with Gasteiger partial charge in [0.05, 0.1) is 0 Å². The summed E-state index contributed by atoms with van der Waals surface area (Å²) in [6.45, 7) is 6.67. The van der Waals surface area contributed by atoms with Gasteiger partial charge in [-0.05, 0) is 26.3 Å². The second-order valence-corrected chi connectivity index (χ2v) is 4.75. The van der Waals surface area contributed by atoms with Gasteiger partial charge in [0.1, 0.15) is 11.8 Å². The minimum Gasteiger partial charge on any atom is -0.338 e. The maximum atomic E-state index is 11.7. The largest absolute Gasteiger partial charge is 0.338 e. The molecule has 0 aliphatic carbocycles. The number of hydrogen-bond donors (Lipinski definition) is 2. The molecule has 0 aromatic carbocycles. The summed E-state index contributed by atoms with van der Waals surface area (Å²) in [5.74, 6) is 1.09. The molecule has 0 radical (unpaired) electrons. The summed E-state index contributed by atoms with van der Waals surface area (Å²) in [5.41, 5.74) is 2.01. The van der Waals surface area contributed by atoms with Crippen LogP contribution in [-0.2, 0) is 0 Å². The topological polar surface area (TPSA) is 78.2 Å². The first kappa shape index (κ1) is 13.5. The molecular formula is C13H19N5O. The third kappa shape index (κ3) is 3.07. The lowest BCUT2D eigenvalue weighted by molar-refractivity contribution is 0.245. The highest BCUT2D eigenvalue weighted by molar-refractivity contribution is 6.20. The minimum atomic E-state index is -0.234. The van der Waals surface area contributed by atoms with Crippen LogP contribution in [0.15, 0.2) is 26.8 Å². The van der Waals surface area contributed by atoms with Crippen molar-refractivity contribution in [1.82, 2.24) is 10.6 Å². The van der Waals surface area contributed by atoms with Gasteiger partial charge < -0.3 is 5.32 Å². The predicted octanol–water partition coefficient (Wildman–Crippen LogP) is 1.85. The van der Waals surface area contributed by atoms with Gasteiger partial charge >= 0.3 is 6.03 Å². The maximum Gasteiger partial charge on any atom is 0.320 e. The Morgan fingerprint density at radius 3 is 2.89 bits per heavy atom. The van der Waals surface area contributed by atoms with Crippen LogP contribution in [-0.4, -0.2) is 30.0 Å². The monoisotopic (exact) mass is 261 g/mol. The molecule has 2 rings (SSSR count). The highest BCUT2D eigenvalue weighted by Gasteiger charge is 2.32. The van der Waals surface area contributed by atoms with Crippen LogP contribution in [0.1, 0.15) is 33.6 Å². The van der Waals surface area contributed by atoms with Crippen molar-refractivity contribution in [1.29, 1.82) is 0 Å². The maximum absolute atomic E-state index is 11.7. The Morgan fingerprint density at radius 2 is 2.16 bits per heavy atom. The van der Waals surface area contributed by atoms with E-state index in [1.54, 1.807) is 0 Å². The number of urea groups is 1. The first-order valence-corrected chi connectivity index (χ1v) is 6.55. The van der Waals surface area contributed by atoms with Crippen LogP contribution >= 0.6 is 0 Å². The van der Waals surface area contributed by atoms with E-state index < -0.39 is 0 Å². The second kappa shape index (κ2) is 5.77. The van der Waals surface area contributed by atoms with E-state index in [0.29, 0.717) is 18.2 Å². The van der Waals surface area contributed by atoms with Gasteiger partial charge in [0, 0.05) is 12.3 Å². The fourth-order valence-corrected chi connectivity index (χ4v) is 2.11. The number of nitrogens with one attached hydrogen (secondary N) is 2. The smallest absolute Gasteiger partial charge is 0.320 e. The molecular weight excluding hydrogens is 242 g/mol. The van der Waals surface area contributed by atoms with Crippen molar-refractivity contribution in [3.8, 4) is 0 Å². The van der Waals surface area contributed by atoms with E-state index in [4.69, 9.17) is 0 Å². The van der Waals surface area contributed by atoms with E-state index in [1.165, 1.54) is 0 Å². The van der Waals surface area contributed by atoms with Crippen LogP contribution in [0.4, 0.5) is 4.79 Å². The number of unbranched alkanes of at least 4 members (excludes halogenated alkanes) is 1. The van der Waals surface area contributed by atoms with E-state index in [0.717, 1.165) is 24.1 Å². The second-order valence-electron chi connectivity index (χ2n) is 4.75. The molecule has 0 saturated heterocycles. The molecule has 1 unspecified atom stereocenters. The number of carbonyl (C=O) groups excluding carboxylic acids is 1. The quantitative estimate of drug-likeness (QED) is 0.747. The highest BCUT2D eigenvalue weighted by atomic mass is 16.2. The molecule has 0 aromatic heterocycles. The van der Waals surface area contributed by atoms with Crippen LogP contribution in [0.25, 0.3) is 0 Å². The fraction of sp³-hybridized carbons (Fsp3) is 0.538. The summed E-state index contributed by atoms with van der Waals surface area (Å²) in [4.78, 5) is 16.0. The minimum absolute atomic E-state index is 0.111. The number of amidine groups is 2. The summed E-state index contributed by atoms with van der Waals surface area (Å²) >= 11 is 0. The summed E-state index contributed by atoms with van der Waals surface area (Å²) < 4.78 is 0. The SMILES string of the molecule is CCCCNC(=O)NC1=NN=C2N=C(C)C=C(C)C21. The zero-order valence-electron chi connectivity index (χ0n) is 11.5. The van der Waals surface area contributed by atoms with Crippen molar-refractivity contribution < 1.29 is 4.79 Å². The van der Waals surface area contributed by atoms with E-state index in [2.05, 4.69) is 32.8 Å². The van der Waals surface area contributed by atoms with Crippen molar-refractivity contribution in [2.24, 2.45) is 21.1 Å². The number of hydrogen-bond acceptors (Lipinski definition) is 4. The summed E-state index contributed by atoms with van der Waals surface area (Å²) in [6, 6.07) is -0.234. The molecule has 1 atom stereocenters. The Labute approximate surface area is 112 Å². The van der Waals surface area contributed by atoms with Crippen LogP contribution < -0.4 is 10.6 Å². The summed E-state index contributed by atoms with van der Waals surface area (Å²) in [7, 11) is 0. The van der Waals surface area contributed by atoms with Gasteiger partial charge in [-0.3, -0.25) is 5.32 Å². The summed E-state index contributed by atoms with van der Waals surface area (Å²) in [6.07, 6.45) is 4.00. The number of aliphatic imine (C=N–C) groups is 1. The van der Waals surface area contributed by atoms with Crippen molar-refractivity contribution in [3.05, 3.63) is 11.6 Å². The summed E-state index contributed by atoms with van der Waals surface area (Å²) in [5, 5.41) is 13.6. The molecule has 19 heavy (non-hydrogen) atoms. The Morgan fingerprint density at radius 1 is 1.37 bits per heavy atom. The van der Waals surface area contributed by atoms with Crippen molar-refractivity contribution >= 4 is 23.4 Å². The number of dihydropyridines is 1. The van der Waals surface area contributed by atoms with Crippen LogP contribution in [0, 0.1) is 5.92 Å². The zero-order chi connectivity index (χ0) is 13.8. The number of nitrogens with zero attached hydrogens (tertiary/aromatic N) is 3. The number of amides is 2. The van der Waals surface area contributed by atoms with E-state index in [9.17, 15) is 4.79 Å². The number of carbonyl (C=O) groups is 1. The molecule has 2 heterocycles. The average molecular weight is 261 g/mol. The van der Waals surface area contributed by atoms with Gasteiger partial charge in [-0.1, -0.05) is 18.9 Å². The third-order valence-corrected chi connectivity index (χ3v) is 3.03. The normalized spacial score (nSPS) is 20.9. The molecule has 0 saturated carbocycles. The molecule has 0 spiro atoms. The van der Waals surface area contributed by atoms with Crippen LogP contribution in [0.2, 0.25) is 0 Å². The Bertz CT molecular complexity index is 501. The molecule has 6 heteroatoms. The Kier molecular flexibility index (Phi) is 4.09. The fourth-order valence-electron chi connectivity index (χ4n) is 2.11. The van der Waals surface area contributed by atoms with E-state index in [1.807, 2.05) is 19.9 Å². The van der Waals surface area contributed by atoms with Crippen molar-refractivity contribution in [2.75, 3.05) is 6.54 Å². The number of allylic oxidation sites excluding steroid dienone is 1. The molecule has 0 bridgehead atoms. The van der Waals surface area contributed by atoms with Gasteiger partial charge in [0.15, 0.2) is 5.84 Å². The molecule has 102 valence electrons. The molecule has 0 aromatic rings. The third-order valence-electron chi connectivity index (χ3n) is 3.03. The standard InChI is InChI=1S/C13H19N5O/c1-4-5-6-14-13(19)16-12-10-8(2)7-9(3)15-11(10)17-18-12/h7,10H,4-6H2,1-3H3,(H2,14,16,18,19).